The van der Waals surface area contributed by atoms with E-state index in [4.69, 9.17) is 0 Å². The van der Waals surface area contributed by atoms with Gasteiger partial charge >= 0.3 is 16.6 Å². The molecule has 0 aromatic heterocycles. The van der Waals surface area contributed by atoms with Gasteiger partial charge in [-0.25, -0.2) is 4.72 Å². The van der Waals surface area contributed by atoms with E-state index in [9.17, 15) is 13.2 Å². The Balaban J connectivity index is 3.21. The molecule has 0 atom stereocenters. The second-order valence-corrected chi connectivity index (χ2v) is 6.28. The molecular formula is C13H27N2O3S. The molecule has 0 rings (SSSR count). The van der Waals surface area contributed by atoms with E-state index in [2.05, 4.69) is 11.6 Å². The van der Waals surface area contributed by atoms with Gasteiger partial charge in [-0.2, -0.15) is 13.1 Å². The number of unbranched alkanes of at least 4 members (excludes halogenated alkanes) is 9. The van der Waals surface area contributed by atoms with Gasteiger partial charge in [-0.15, -0.1) is 0 Å². The summed E-state index contributed by atoms with van der Waals surface area (Å²) in [6.07, 6.45) is 13.2. The molecule has 0 bridgehead atoms. The lowest BCUT2D eigenvalue weighted by atomic mass is 10.1. The Kier molecular flexibility index (Phi) is 12.0. The Morgan fingerprint density at radius 3 is 1.79 bits per heavy atom. The molecule has 0 unspecified atom stereocenters. The summed E-state index contributed by atoms with van der Waals surface area (Å²) in [6.45, 7) is 2.59. The van der Waals surface area contributed by atoms with Gasteiger partial charge in [0.25, 0.3) is 0 Å². The van der Waals surface area contributed by atoms with Crippen LogP contribution in [-0.4, -0.2) is 21.4 Å². The third-order valence-electron chi connectivity index (χ3n) is 3.00. The van der Waals surface area contributed by atoms with Crippen LogP contribution in [0.2, 0.25) is 0 Å². The minimum absolute atomic E-state index is 0.369. The third kappa shape index (κ3) is 13.6. The number of hydrogen-bond acceptors (Lipinski definition) is 3. The maximum Gasteiger partial charge on any atom is 0.324 e. The van der Waals surface area contributed by atoms with Crippen LogP contribution in [0.15, 0.2) is 0 Å². The quantitative estimate of drug-likeness (QED) is 0.381. The Labute approximate surface area is 117 Å². The monoisotopic (exact) mass is 291 g/mol. The fourth-order valence-corrected chi connectivity index (χ4v) is 2.50. The van der Waals surface area contributed by atoms with Crippen molar-refractivity contribution in [1.29, 1.82) is 0 Å². The third-order valence-corrected chi connectivity index (χ3v) is 3.93. The van der Waals surface area contributed by atoms with Crippen LogP contribution in [0.1, 0.15) is 71.1 Å². The highest BCUT2D eigenvalue weighted by molar-refractivity contribution is 7.88. The van der Waals surface area contributed by atoms with E-state index >= 15 is 0 Å². The molecule has 2 N–H and O–H groups in total. The highest BCUT2D eigenvalue weighted by Gasteiger charge is 2.05. The lowest BCUT2D eigenvalue weighted by Gasteiger charge is -2.04. The number of rotatable bonds is 14. The summed E-state index contributed by atoms with van der Waals surface area (Å²) in [5, 5.41) is 0. The Morgan fingerprint density at radius 2 is 1.32 bits per heavy atom. The van der Waals surface area contributed by atoms with Gasteiger partial charge in [0, 0.05) is 6.54 Å². The maximum absolute atomic E-state index is 11.0. The fourth-order valence-electron chi connectivity index (χ4n) is 1.91. The van der Waals surface area contributed by atoms with Gasteiger partial charge < -0.3 is 0 Å². The molecule has 0 aliphatic heterocycles. The molecule has 5 nitrogen and oxygen atoms in total. The summed E-state index contributed by atoms with van der Waals surface area (Å²) in [7, 11) is -3.67. The van der Waals surface area contributed by atoms with Crippen LogP contribution in [0.3, 0.4) is 0 Å². The van der Waals surface area contributed by atoms with Crippen molar-refractivity contribution in [3.8, 4) is 0 Å². The summed E-state index contributed by atoms with van der Waals surface area (Å²) in [5.74, 6) is 0. The first-order valence-corrected chi connectivity index (χ1v) is 8.74. The fraction of sp³-hybridized carbons (Fsp3) is 0.923. The van der Waals surface area contributed by atoms with Crippen molar-refractivity contribution in [3.05, 3.63) is 0 Å². The van der Waals surface area contributed by atoms with Crippen LogP contribution < -0.4 is 9.44 Å². The second-order valence-electron chi connectivity index (χ2n) is 4.78. The number of nitrogens with one attached hydrogen (secondary N) is 2. The van der Waals surface area contributed by atoms with Gasteiger partial charge in [-0.05, 0) is 6.42 Å². The first kappa shape index (κ1) is 18.4. The molecule has 0 aromatic carbocycles. The number of amides is 1. The molecule has 1 radical (unpaired) electrons. The first-order valence-electron chi connectivity index (χ1n) is 7.26. The molecular weight excluding hydrogens is 264 g/mol. The van der Waals surface area contributed by atoms with Crippen molar-refractivity contribution < 1.29 is 13.2 Å². The van der Waals surface area contributed by atoms with E-state index in [0.717, 1.165) is 25.7 Å². The topological polar surface area (TPSA) is 75.3 Å². The summed E-state index contributed by atoms with van der Waals surface area (Å²) < 4.78 is 25.9. The molecule has 0 aromatic rings. The molecule has 0 fully saturated rings. The number of carbonyl (C=O) groups excluding carboxylic acids is 1. The maximum atomic E-state index is 11.0. The highest BCUT2D eigenvalue weighted by atomic mass is 32.2. The summed E-state index contributed by atoms with van der Waals surface area (Å²) >= 11 is 0. The zero-order chi connectivity index (χ0) is 14.4. The van der Waals surface area contributed by atoms with Crippen LogP contribution in [0.5, 0.6) is 0 Å². The average molecular weight is 291 g/mol. The SMILES string of the molecule is CCCCCCCCCCCCNS(=O)(=O)N[C]=O. The predicted molar refractivity (Wildman–Crippen MR) is 77.6 cm³/mol. The normalized spacial score (nSPS) is 11.4. The molecule has 0 heterocycles. The van der Waals surface area contributed by atoms with Crippen molar-refractivity contribution in [3.63, 3.8) is 0 Å². The smallest absolute Gasteiger partial charge is 0.262 e. The standard InChI is InChI=1S/C13H27N2O3S/c1-2-3-4-5-6-7-8-9-10-11-12-14-19(17,18)15-13-16/h14H,2-12H2,1H3,(H,15,16). The molecule has 0 aliphatic carbocycles. The van der Waals surface area contributed by atoms with E-state index in [1.807, 2.05) is 0 Å². The zero-order valence-corrected chi connectivity index (χ0v) is 12.7. The van der Waals surface area contributed by atoms with Gasteiger partial charge in [0.15, 0.2) is 0 Å². The molecule has 113 valence electrons. The number of hydrogen-bond donors (Lipinski definition) is 2. The summed E-state index contributed by atoms with van der Waals surface area (Å²) in [4.78, 5) is 9.87. The van der Waals surface area contributed by atoms with Crippen LogP contribution in [0.25, 0.3) is 0 Å². The van der Waals surface area contributed by atoms with E-state index in [0.29, 0.717) is 6.54 Å². The van der Waals surface area contributed by atoms with Crippen molar-refractivity contribution in [2.45, 2.75) is 71.1 Å². The van der Waals surface area contributed by atoms with Gasteiger partial charge in [-0.3, -0.25) is 4.79 Å². The molecule has 1 amide bonds. The van der Waals surface area contributed by atoms with Gasteiger partial charge in [-0.1, -0.05) is 64.7 Å². The van der Waals surface area contributed by atoms with Crippen molar-refractivity contribution in [2.75, 3.05) is 6.54 Å². The van der Waals surface area contributed by atoms with E-state index in [1.165, 1.54) is 44.9 Å². The first-order chi connectivity index (χ1) is 9.12. The van der Waals surface area contributed by atoms with Crippen LogP contribution in [0.4, 0.5) is 0 Å². The van der Waals surface area contributed by atoms with Gasteiger partial charge in [0.2, 0.25) is 0 Å². The summed E-state index contributed by atoms with van der Waals surface area (Å²) in [6, 6.07) is 0. The van der Waals surface area contributed by atoms with E-state index in [-0.39, 0.29) is 0 Å². The lowest BCUT2D eigenvalue weighted by Crippen LogP contribution is -2.36. The minimum Gasteiger partial charge on any atom is -0.262 e. The van der Waals surface area contributed by atoms with Crippen LogP contribution in [0, 0.1) is 0 Å². The second kappa shape index (κ2) is 12.4. The Bertz CT molecular complexity index is 305. The van der Waals surface area contributed by atoms with Crippen LogP contribution in [-0.2, 0) is 15.0 Å². The Hall–Kier alpha value is -0.620. The lowest BCUT2D eigenvalue weighted by molar-refractivity contribution is 0.538. The molecule has 0 spiro atoms. The average Bonchev–Trinajstić information content (AvgIpc) is 2.36. The predicted octanol–water partition coefficient (Wildman–Crippen LogP) is 2.40. The minimum atomic E-state index is -3.67. The van der Waals surface area contributed by atoms with Crippen molar-refractivity contribution in [2.24, 2.45) is 0 Å². The van der Waals surface area contributed by atoms with Crippen LogP contribution >= 0.6 is 0 Å². The van der Waals surface area contributed by atoms with Gasteiger partial charge in [0.05, 0.1) is 0 Å². The van der Waals surface area contributed by atoms with Gasteiger partial charge in [0.1, 0.15) is 0 Å². The highest BCUT2D eigenvalue weighted by Crippen LogP contribution is 2.10. The molecule has 6 heteroatoms. The largest absolute Gasteiger partial charge is 0.324 e. The zero-order valence-electron chi connectivity index (χ0n) is 11.9. The van der Waals surface area contributed by atoms with Crippen molar-refractivity contribution in [1.82, 2.24) is 9.44 Å². The van der Waals surface area contributed by atoms with E-state index < -0.39 is 10.2 Å². The molecule has 0 aliphatic rings. The van der Waals surface area contributed by atoms with E-state index in [1.54, 1.807) is 4.72 Å². The Morgan fingerprint density at radius 1 is 0.842 bits per heavy atom. The molecule has 0 saturated heterocycles. The molecule has 19 heavy (non-hydrogen) atoms. The summed E-state index contributed by atoms with van der Waals surface area (Å²) in [5.41, 5.74) is 0. The molecule has 0 saturated carbocycles. The van der Waals surface area contributed by atoms with Crippen molar-refractivity contribution >= 4 is 16.6 Å².